The van der Waals surface area contributed by atoms with E-state index >= 15 is 0 Å². The Labute approximate surface area is 130 Å². The summed E-state index contributed by atoms with van der Waals surface area (Å²) >= 11 is 0. The zero-order chi connectivity index (χ0) is 16.1. The third-order valence-electron chi connectivity index (χ3n) is 3.72. The van der Waals surface area contributed by atoms with Crippen LogP contribution in [-0.4, -0.2) is 19.6 Å². The van der Waals surface area contributed by atoms with Crippen LogP contribution in [0, 0.1) is 19.7 Å². The zero-order valence-electron chi connectivity index (χ0n) is 13.0. The molecule has 2 aromatic rings. The lowest BCUT2D eigenvalue weighted by Gasteiger charge is -2.17. The Balaban J connectivity index is 2.03. The third kappa shape index (κ3) is 3.92. The summed E-state index contributed by atoms with van der Waals surface area (Å²) < 4.78 is 18.6. The molecule has 116 valence electrons. The number of carbonyl (C=O) groups excluding carboxylic acids is 1. The SMILES string of the molecule is COC(CNC(=O)c1ccc(C)c(C)c1)c1cccc(F)c1. The number of halogens is 1. The highest BCUT2D eigenvalue weighted by Gasteiger charge is 2.14. The van der Waals surface area contributed by atoms with E-state index in [0.717, 1.165) is 11.1 Å². The number of aryl methyl sites for hydroxylation is 2. The van der Waals surface area contributed by atoms with Gasteiger partial charge in [-0.05, 0) is 54.8 Å². The van der Waals surface area contributed by atoms with E-state index in [0.29, 0.717) is 11.1 Å². The Kier molecular flexibility index (Phi) is 5.28. The van der Waals surface area contributed by atoms with E-state index in [4.69, 9.17) is 4.74 Å². The average Bonchev–Trinajstić information content (AvgIpc) is 2.50. The summed E-state index contributed by atoms with van der Waals surface area (Å²) in [7, 11) is 1.54. The molecule has 0 saturated carbocycles. The van der Waals surface area contributed by atoms with Crippen molar-refractivity contribution < 1.29 is 13.9 Å². The molecule has 22 heavy (non-hydrogen) atoms. The van der Waals surface area contributed by atoms with Crippen molar-refractivity contribution in [3.8, 4) is 0 Å². The first-order valence-corrected chi connectivity index (χ1v) is 7.15. The number of amides is 1. The van der Waals surface area contributed by atoms with Gasteiger partial charge in [0.2, 0.25) is 0 Å². The topological polar surface area (TPSA) is 38.3 Å². The summed E-state index contributed by atoms with van der Waals surface area (Å²) in [5, 5.41) is 2.83. The highest BCUT2D eigenvalue weighted by molar-refractivity contribution is 5.94. The fourth-order valence-corrected chi connectivity index (χ4v) is 2.21. The number of benzene rings is 2. The number of rotatable bonds is 5. The first-order valence-electron chi connectivity index (χ1n) is 7.15. The molecule has 1 atom stereocenters. The monoisotopic (exact) mass is 301 g/mol. The van der Waals surface area contributed by atoms with Gasteiger partial charge in [-0.15, -0.1) is 0 Å². The molecule has 0 fully saturated rings. The molecule has 4 heteroatoms. The summed E-state index contributed by atoms with van der Waals surface area (Å²) in [5.74, 6) is -0.485. The fraction of sp³-hybridized carbons (Fsp3) is 0.278. The van der Waals surface area contributed by atoms with Gasteiger partial charge in [-0.2, -0.15) is 0 Å². The Morgan fingerprint density at radius 1 is 1.18 bits per heavy atom. The zero-order valence-corrected chi connectivity index (χ0v) is 13.0. The molecule has 0 bridgehead atoms. The molecular formula is C18H20FNO2. The lowest BCUT2D eigenvalue weighted by Crippen LogP contribution is -2.29. The van der Waals surface area contributed by atoms with Crippen LogP contribution < -0.4 is 5.32 Å². The first kappa shape index (κ1) is 16.2. The van der Waals surface area contributed by atoms with E-state index < -0.39 is 0 Å². The van der Waals surface area contributed by atoms with Crippen LogP contribution in [0.1, 0.15) is 33.2 Å². The van der Waals surface area contributed by atoms with Crippen LogP contribution in [0.2, 0.25) is 0 Å². The molecule has 0 saturated heterocycles. The van der Waals surface area contributed by atoms with Crippen LogP contribution in [0.15, 0.2) is 42.5 Å². The molecule has 0 radical (unpaired) electrons. The number of ether oxygens (including phenoxy) is 1. The van der Waals surface area contributed by atoms with E-state index in [2.05, 4.69) is 5.32 Å². The highest BCUT2D eigenvalue weighted by atomic mass is 19.1. The third-order valence-corrected chi connectivity index (χ3v) is 3.72. The molecule has 0 aliphatic rings. The molecule has 2 aromatic carbocycles. The van der Waals surface area contributed by atoms with E-state index in [1.54, 1.807) is 18.2 Å². The molecule has 0 spiro atoms. The van der Waals surface area contributed by atoms with Gasteiger partial charge in [-0.3, -0.25) is 4.79 Å². The smallest absolute Gasteiger partial charge is 0.251 e. The Morgan fingerprint density at radius 3 is 2.59 bits per heavy atom. The van der Waals surface area contributed by atoms with Gasteiger partial charge < -0.3 is 10.1 Å². The second-order valence-electron chi connectivity index (χ2n) is 5.29. The standard InChI is InChI=1S/C18H20FNO2/c1-12-7-8-15(9-13(12)2)18(21)20-11-17(22-3)14-5-4-6-16(19)10-14/h4-10,17H,11H2,1-3H3,(H,20,21). The van der Waals surface area contributed by atoms with Gasteiger partial charge in [-0.1, -0.05) is 18.2 Å². The van der Waals surface area contributed by atoms with Crippen LogP contribution in [0.3, 0.4) is 0 Å². The summed E-state index contributed by atoms with van der Waals surface area (Å²) in [6.07, 6.45) is -0.383. The van der Waals surface area contributed by atoms with Gasteiger partial charge in [0.05, 0.1) is 6.10 Å². The summed E-state index contributed by atoms with van der Waals surface area (Å²) in [4.78, 5) is 12.2. The van der Waals surface area contributed by atoms with E-state index in [9.17, 15) is 9.18 Å². The Hall–Kier alpha value is -2.20. The summed E-state index contributed by atoms with van der Waals surface area (Å²) in [6.45, 7) is 4.25. The number of carbonyl (C=O) groups is 1. The Morgan fingerprint density at radius 2 is 1.95 bits per heavy atom. The van der Waals surface area contributed by atoms with Crippen molar-refractivity contribution in [2.24, 2.45) is 0 Å². The number of hydrogen-bond acceptors (Lipinski definition) is 2. The van der Waals surface area contributed by atoms with Crippen molar-refractivity contribution in [3.63, 3.8) is 0 Å². The molecule has 0 heterocycles. The van der Waals surface area contributed by atoms with Gasteiger partial charge >= 0.3 is 0 Å². The van der Waals surface area contributed by atoms with Gasteiger partial charge in [0, 0.05) is 19.2 Å². The molecule has 3 nitrogen and oxygen atoms in total. The molecule has 2 rings (SSSR count). The lowest BCUT2D eigenvalue weighted by atomic mass is 10.1. The van der Waals surface area contributed by atoms with E-state index in [-0.39, 0.29) is 24.4 Å². The van der Waals surface area contributed by atoms with Crippen LogP contribution in [0.4, 0.5) is 4.39 Å². The predicted octanol–water partition coefficient (Wildman–Crippen LogP) is 3.56. The van der Waals surface area contributed by atoms with E-state index in [1.807, 2.05) is 26.0 Å². The number of hydrogen-bond donors (Lipinski definition) is 1. The highest BCUT2D eigenvalue weighted by Crippen LogP contribution is 2.17. The maximum atomic E-state index is 13.3. The minimum atomic E-state index is -0.383. The molecule has 1 N–H and O–H groups in total. The van der Waals surface area contributed by atoms with Crippen LogP contribution in [-0.2, 0) is 4.74 Å². The molecule has 1 unspecified atom stereocenters. The van der Waals surface area contributed by atoms with E-state index in [1.165, 1.54) is 19.2 Å². The minimum absolute atomic E-state index is 0.165. The number of methoxy groups -OCH3 is 1. The fourth-order valence-electron chi connectivity index (χ4n) is 2.21. The second-order valence-corrected chi connectivity index (χ2v) is 5.29. The van der Waals surface area contributed by atoms with Crippen molar-refractivity contribution in [2.45, 2.75) is 20.0 Å². The first-order chi connectivity index (χ1) is 10.5. The molecule has 1 amide bonds. The quantitative estimate of drug-likeness (QED) is 0.917. The molecule has 0 aliphatic heterocycles. The van der Waals surface area contributed by atoms with Gasteiger partial charge in [-0.25, -0.2) is 4.39 Å². The van der Waals surface area contributed by atoms with Crippen LogP contribution in [0.5, 0.6) is 0 Å². The predicted molar refractivity (Wildman–Crippen MR) is 84.4 cm³/mol. The largest absolute Gasteiger partial charge is 0.375 e. The molecular weight excluding hydrogens is 281 g/mol. The Bertz CT molecular complexity index is 670. The molecule has 0 aliphatic carbocycles. The number of nitrogens with one attached hydrogen (secondary N) is 1. The van der Waals surface area contributed by atoms with Crippen molar-refractivity contribution in [1.29, 1.82) is 0 Å². The minimum Gasteiger partial charge on any atom is -0.375 e. The maximum Gasteiger partial charge on any atom is 0.251 e. The second kappa shape index (κ2) is 7.18. The van der Waals surface area contributed by atoms with Crippen LogP contribution in [0.25, 0.3) is 0 Å². The lowest BCUT2D eigenvalue weighted by molar-refractivity contribution is 0.0827. The van der Waals surface area contributed by atoms with Gasteiger partial charge in [0.15, 0.2) is 0 Å². The normalized spacial score (nSPS) is 12.0. The van der Waals surface area contributed by atoms with Crippen molar-refractivity contribution in [3.05, 3.63) is 70.5 Å². The van der Waals surface area contributed by atoms with Crippen molar-refractivity contribution in [1.82, 2.24) is 5.32 Å². The van der Waals surface area contributed by atoms with Crippen molar-refractivity contribution in [2.75, 3.05) is 13.7 Å². The maximum absolute atomic E-state index is 13.3. The average molecular weight is 301 g/mol. The van der Waals surface area contributed by atoms with Crippen LogP contribution >= 0.6 is 0 Å². The summed E-state index contributed by atoms with van der Waals surface area (Å²) in [5.41, 5.74) is 3.52. The van der Waals surface area contributed by atoms with Gasteiger partial charge in [0.1, 0.15) is 5.82 Å². The van der Waals surface area contributed by atoms with Crippen molar-refractivity contribution >= 4 is 5.91 Å². The van der Waals surface area contributed by atoms with Gasteiger partial charge in [0.25, 0.3) is 5.91 Å². The summed E-state index contributed by atoms with van der Waals surface area (Å²) in [6, 6.07) is 11.8. The molecule has 0 aromatic heterocycles.